The molecule has 1 amide bonds. The fraction of sp³-hybridized carbons (Fsp3) is 0.636. The molecule has 1 heterocycles. The van der Waals surface area contributed by atoms with Gasteiger partial charge in [-0.25, -0.2) is 8.42 Å². The van der Waals surface area contributed by atoms with Crippen molar-refractivity contribution >= 4 is 21.4 Å². The summed E-state index contributed by atoms with van der Waals surface area (Å²) in [7, 11) is -3.11. The number of carbonyl (C=O) groups excluding carboxylic acids is 1. The number of amides is 1. The molecule has 1 aromatic rings. The lowest BCUT2D eigenvalue weighted by atomic mass is 10.2. The largest absolute Gasteiger partial charge is 0.322 e. The van der Waals surface area contributed by atoms with Crippen molar-refractivity contribution in [3.8, 4) is 0 Å². The summed E-state index contributed by atoms with van der Waals surface area (Å²) in [6.07, 6.45) is 4.44. The number of nitrogens with two attached hydrogens (primary N) is 1. The SMILES string of the molecule is CC(C)n1cc(NC(=O)C(N)CCS(C)(=O)=O)cn1. The van der Waals surface area contributed by atoms with E-state index < -0.39 is 21.8 Å². The van der Waals surface area contributed by atoms with Gasteiger partial charge >= 0.3 is 0 Å². The number of hydrogen-bond acceptors (Lipinski definition) is 5. The lowest BCUT2D eigenvalue weighted by Gasteiger charge is -2.10. The molecule has 1 atom stereocenters. The molecule has 0 aliphatic heterocycles. The zero-order valence-electron chi connectivity index (χ0n) is 11.3. The number of nitrogens with one attached hydrogen (secondary N) is 1. The first-order valence-electron chi connectivity index (χ1n) is 5.97. The zero-order valence-corrected chi connectivity index (χ0v) is 12.1. The van der Waals surface area contributed by atoms with Crippen molar-refractivity contribution in [2.75, 3.05) is 17.3 Å². The van der Waals surface area contributed by atoms with Crippen LogP contribution in [0, 0.1) is 0 Å². The predicted molar refractivity (Wildman–Crippen MR) is 73.5 cm³/mol. The maximum absolute atomic E-state index is 11.7. The molecule has 3 N–H and O–H groups in total. The highest BCUT2D eigenvalue weighted by atomic mass is 32.2. The van der Waals surface area contributed by atoms with E-state index in [2.05, 4.69) is 10.4 Å². The van der Waals surface area contributed by atoms with Gasteiger partial charge in [-0.1, -0.05) is 0 Å². The summed E-state index contributed by atoms with van der Waals surface area (Å²) in [6.45, 7) is 3.94. The smallest absolute Gasteiger partial charge is 0.241 e. The maximum Gasteiger partial charge on any atom is 0.241 e. The van der Waals surface area contributed by atoms with Crippen LogP contribution in [0.2, 0.25) is 0 Å². The molecule has 108 valence electrons. The van der Waals surface area contributed by atoms with Crippen LogP contribution in [0.5, 0.6) is 0 Å². The van der Waals surface area contributed by atoms with Gasteiger partial charge in [0.05, 0.1) is 23.7 Å². The first-order chi connectivity index (χ1) is 8.69. The third kappa shape index (κ3) is 5.39. The molecule has 8 heteroatoms. The van der Waals surface area contributed by atoms with Crippen LogP contribution in [0.1, 0.15) is 26.3 Å². The van der Waals surface area contributed by atoms with E-state index in [1.807, 2.05) is 13.8 Å². The molecule has 0 aliphatic carbocycles. The number of carbonyl (C=O) groups is 1. The molecule has 0 saturated carbocycles. The molecule has 1 aromatic heterocycles. The number of hydrogen-bond donors (Lipinski definition) is 2. The minimum atomic E-state index is -3.11. The third-order valence-electron chi connectivity index (χ3n) is 2.53. The fourth-order valence-corrected chi connectivity index (χ4v) is 2.07. The second-order valence-corrected chi connectivity index (χ2v) is 7.08. The topological polar surface area (TPSA) is 107 Å². The lowest BCUT2D eigenvalue weighted by molar-refractivity contribution is -0.117. The zero-order chi connectivity index (χ0) is 14.6. The Labute approximate surface area is 113 Å². The van der Waals surface area contributed by atoms with E-state index in [1.54, 1.807) is 10.9 Å². The van der Waals surface area contributed by atoms with Gasteiger partial charge in [-0.05, 0) is 20.3 Å². The van der Waals surface area contributed by atoms with Crippen LogP contribution in [-0.2, 0) is 14.6 Å². The molecular formula is C11H20N4O3S. The Bertz CT molecular complexity index is 536. The van der Waals surface area contributed by atoms with Crippen molar-refractivity contribution in [2.24, 2.45) is 5.73 Å². The van der Waals surface area contributed by atoms with Gasteiger partial charge in [-0.2, -0.15) is 5.10 Å². The summed E-state index contributed by atoms with van der Waals surface area (Å²) >= 11 is 0. The van der Waals surface area contributed by atoms with Gasteiger partial charge in [0.2, 0.25) is 5.91 Å². The number of nitrogens with zero attached hydrogens (tertiary/aromatic N) is 2. The molecule has 0 aliphatic rings. The number of anilines is 1. The van der Waals surface area contributed by atoms with E-state index in [0.717, 1.165) is 6.26 Å². The summed E-state index contributed by atoms with van der Waals surface area (Å²) in [5.41, 5.74) is 6.18. The van der Waals surface area contributed by atoms with E-state index in [1.165, 1.54) is 6.20 Å². The Kier molecular flexibility index (Phi) is 5.07. The van der Waals surface area contributed by atoms with Gasteiger partial charge in [-0.3, -0.25) is 9.48 Å². The van der Waals surface area contributed by atoms with Crippen molar-refractivity contribution in [1.29, 1.82) is 0 Å². The number of rotatable bonds is 6. The van der Waals surface area contributed by atoms with Crippen LogP contribution in [0.3, 0.4) is 0 Å². The van der Waals surface area contributed by atoms with Crippen LogP contribution >= 0.6 is 0 Å². The standard InChI is InChI=1S/C11H20N4O3S/c1-8(2)15-7-9(6-13-15)14-11(16)10(12)4-5-19(3,17)18/h6-8,10H,4-5,12H2,1-3H3,(H,14,16). The minimum absolute atomic E-state index is 0.100. The normalized spacial score (nSPS) is 13.5. The minimum Gasteiger partial charge on any atom is -0.322 e. The van der Waals surface area contributed by atoms with E-state index >= 15 is 0 Å². The first kappa shape index (κ1) is 15.6. The molecule has 0 spiro atoms. The van der Waals surface area contributed by atoms with Crippen LogP contribution < -0.4 is 11.1 Å². The summed E-state index contributed by atoms with van der Waals surface area (Å²) in [5.74, 6) is -0.515. The highest BCUT2D eigenvalue weighted by Crippen LogP contribution is 2.10. The predicted octanol–water partition coefficient (Wildman–Crippen LogP) is 0.165. The van der Waals surface area contributed by atoms with E-state index in [-0.39, 0.29) is 18.2 Å². The summed E-state index contributed by atoms with van der Waals surface area (Å²) in [5, 5.41) is 6.69. The third-order valence-corrected chi connectivity index (χ3v) is 3.51. The second kappa shape index (κ2) is 6.16. The van der Waals surface area contributed by atoms with Gasteiger partial charge in [-0.15, -0.1) is 0 Å². The Morgan fingerprint density at radius 2 is 2.16 bits per heavy atom. The Hall–Kier alpha value is -1.41. The molecule has 0 radical (unpaired) electrons. The van der Waals surface area contributed by atoms with Crippen molar-refractivity contribution in [3.05, 3.63) is 12.4 Å². The molecule has 19 heavy (non-hydrogen) atoms. The van der Waals surface area contributed by atoms with Crippen molar-refractivity contribution in [1.82, 2.24) is 9.78 Å². The molecule has 1 unspecified atom stereocenters. The van der Waals surface area contributed by atoms with Crippen molar-refractivity contribution in [2.45, 2.75) is 32.4 Å². The number of sulfone groups is 1. The summed E-state index contributed by atoms with van der Waals surface area (Å²) < 4.78 is 23.7. The highest BCUT2D eigenvalue weighted by Gasteiger charge is 2.16. The molecule has 1 rings (SSSR count). The highest BCUT2D eigenvalue weighted by molar-refractivity contribution is 7.90. The fourth-order valence-electron chi connectivity index (χ4n) is 1.39. The average molecular weight is 288 g/mol. The Balaban J connectivity index is 2.53. The van der Waals surface area contributed by atoms with Gasteiger partial charge in [0.1, 0.15) is 9.84 Å². The van der Waals surface area contributed by atoms with E-state index in [0.29, 0.717) is 5.69 Å². The number of aromatic nitrogens is 2. The quantitative estimate of drug-likeness (QED) is 0.775. The van der Waals surface area contributed by atoms with Crippen LogP contribution in [-0.4, -0.2) is 42.2 Å². The van der Waals surface area contributed by atoms with E-state index in [4.69, 9.17) is 5.73 Å². The molecule has 0 saturated heterocycles. The molecule has 0 fully saturated rings. The average Bonchev–Trinajstić information content (AvgIpc) is 2.73. The monoisotopic (exact) mass is 288 g/mol. The molecular weight excluding hydrogens is 268 g/mol. The Morgan fingerprint density at radius 3 is 2.63 bits per heavy atom. The van der Waals surface area contributed by atoms with Crippen LogP contribution in [0.25, 0.3) is 0 Å². The van der Waals surface area contributed by atoms with E-state index in [9.17, 15) is 13.2 Å². The molecule has 7 nitrogen and oxygen atoms in total. The molecule has 0 bridgehead atoms. The lowest BCUT2D eigenvalue weighted by Crippen LogP contribution is -2.37. The van der Waals surface area contributed by atoms with Crippen LogP contribution in [0.15, 0.2) is 12.4 Å². The van der Waals surface area contributed by atoms with Gasteiger partial charge in [0.25, 0.3) is 0 Å². The van der Waals surface area contributed by atoms with Gasteiger partial charge < -0.3 is 11.1 Å². The Morgan fingerprint density at radius 1 is 1.53 bits per heavy atom. The second-order valence-electron chi connectivity index (χ2n) is 4.82. The van der Waals surface area contributed by atoms with Gasteiger partial charge in [0.15, 0.2) is 0 Å². The molecule has 0 aromatic carbocycles. The maximum atomic E-state index is 11.7. The first-order valence-corrected chi connectivity index (χ1v) is 8.03. The summed E-state index contributed by atoms with van der Waals surface area (Å²) in [4.78, 5) is 11.7. The summed E-state index contributed by atoms with van der Waals surface area (Å²) in [6, 6.07) is -0.651. The van der Waals surface area contributed by atoms with Crippen LogP contribution in [0.4, 0.5) is 5.69 Å². The van der Waals surface area contributed by atoms with Crippen molar-refractivity contribution < 1.29 is 13.2 Å². The van der Waals surface area contributed by atoms with Crippen molar-refractivity contribution in [3.63, 3.8) is 0 Å². The van der Waals surface area contributed by atoms with Gasteiger partial charge in [0, 0.05) is 18.5 Å².